The van der Waals surface area contributed by atoms with E-state index in [1.165, 1.54) is 43.6 Å². The Kier molecular flexibility index (Phi) is 8.46. The second-order valence-corrected chi connectivity index (χ2v) is 15.8. The molecule has 290 valence electrons. The average Bonchev–Trinajstić information content (AvgIpc) is 3.87. The molecule has 0 aliphatic carbocycles. The van der Waals surface area contributed by atoms with E-state index in [9.17, 15) is 0 Å². The van der Waals surface area contributed by atoms with Crippen molar-refractivity contribution in [2.75, 3.05) is 0 Å². The molecule has 12 rings (SSSR count). The van der Waals surface area contributed by atoms with Gasteiger partial charge in [0, 0.05) is 49.6 Å². The van der Waals surface area contributed by atoms with Crippen molar-refractivity contribution in [3.63, 3.8) is 0 Å². The summed E-state index contributed by atoms with van der Waals surface area (Å²) in [5.74, 6) is 0.694. The number of hydrogen-bond acceptors (Lipinski definition) is 2. The molecule has 12 aromatic rings. The molecule has 4 nitrogen and oxygen atoms in total. The highest BCUT2D eigenvalue weighted by Gasteiger charge is 2.15. The van der Waals surface area contributed by atoms with Gasteiger partial charge in [-0.25, -0.2) is 9.97 Å². The van der Waals surface area contributed by atoms with Crippen LogP contribution >= 0.6 is 0 Å². The summed E-state index contributed by atoms with van der Waals surface area (Å²) in [5.41, 5.74) is 16.4. The van der Waals surface area contributed by atoms with Crippen LogP contribution < -0.4 is 0 Å². The van der Waals surface area contributed by atoms with Gasteiger partial charge >= 0.3 is 0 Å². The van der Waals surface area contributed by atoms with Crippen LogP contribution in [0.15, 0.2) is 231 Å². The van der Waals surface area contributed by atoms with E-state index in [0.717, 1.165) is 61.7 Å². The van der Waals surface area contributed by atoms with Crippen LogP contribution in [-0.4, -0.2) is 19.1 Å². The predicted molar refractivity (Wildman–Crippen MR) is 258 cm³/mol. The highest BCUT2D eigenvalue weighted by molar-refractivity contribution is 6.10. The molecule has 0 radical (unpaired) electrons. The molecule has 0 spiro atoms. The molecule has 0 aliphatic rings. The lowest BCUT2D eigenvalue weighted by atomic mass is 9.99. The molecule has 62 heavy (non-hydrogen) atoms. The predicted octanol–water partition coefficient (Wildman–Crippen LogP) is 15.0. The zero-order chi connectivity index (χ0) is 41.0. The maximum absolute atomic E-state index is 5.18. The van der Waals surface area contributed by atoms with Gasteiger partial charge in [0.2, 0.25) is 0 Å². The van der Waals surface area contributed by atoms with Crippen molar-refractivity contribution in [3.05, 3.63) is 231 Å². The molecular weight excluding hydrogens is 753 g/mol. The van der Waals surface area contributed by atoms with E-state index in [0.29, 0.717) is 5.82 Å². The van der Waals surface area contributed by atoms with Crippen molar-refractivity contribution in [1.82, 2.24) is 19.1 Å². The fourth-order valence-corrected chi connectivity index (χ4v) is 9.18. The third-order valence-corrected chi connectivity index (χ3v) is 12.2. The van der Waals surface area contributed by atoms with E-state index in [2.05, 4.69) is 221 Å². The van der Waals surface area contributed by atoms with Crippen LogP contribution in [0.5, 0.6) is 0 Å². The third kappa shape index (κ3) is 6.08. The standard InChI is InChI=1S/C58H38N4/c1-2-14-41(15-3-1)58-59-52(44-18-12-16-42(36-44)39-28-32-46(33-29-39)61-54-24-8-4-20-48(54)49-21-5-9-25-55(49)61)38-53(60-58)45-19-13-17-43(37-45)40-30-34-47(35-31-40)62-56-26-10-6-22-50(56)51-23-7-11-27-57(51)62/h1-38H. The minimum atomic E-state index is 0.694. The Bertz CT molecular complexity index is 3290. The average molecular weight is 791 g/mol. The van der Waals surface area contributed by atoms with Gasteiger partial charge in [-0.3, -0.25) is 0 Å². The van der Waals surface area contributed by atoms with Crippen molar-refractivity contribution < 1.29 is 0 Å². The lowest BCUT2D eigenvalue weighted by Gasteiger charge is -2.12. The SMILES string of the molecule is c1ccc(-c2nc(-c3cccc(-c4ccc(-n5c6ccccc6c6ccccc65)cc4)c3)cc(-c3cccc(-c4ccc(-n5c6ccccc6c6ccccc65)cc4)c3)n2)cc1. The van der Waals surface area contributed by atoms with E-state index >= 15 is 0 Å². The molecular formula is C58H38N4. The lowest BCUT2D eigenvalue weighted by molar-refractivity contribution is 1.18. The van der Waals surface area contributed by atoms with E-state index in [-0.39, 0.29) is 0 Å². The Balaban J connectivity index is 0.897. The molecule has 0 unspecified atom stereocenters. The zero-order valence-electron chi connectivity index (χ0n) is 33.7. The van der Waals surface area contributed by atoms with Gasteiger partial charge in [0.25, 0.3) is 0 Å². The van der Waals surface area contributed by atoms with Gasteiger partial charge in [0.1, 0.15) is 0 Å². The van der Waals surface area contributed by atoms with Crippen molar-refractivity contribution in [2.24, 2.45) is 0 Å². The molecule has 9 aromatic carbocycles. The quantitative estimate of drug-likeness (QED) is 0.161. The van der Waals surface area contributed by atoms with Gasteiger partial charge in [0.15, 0.2) is 5.82 Å². The molecule has 3 aromatic heterocycles. The van der Waals surface area contributed by atoms with Crippen LogP contribution in [0.2, 0.25) is 0 Å². The first kappa shape index (κ1) is 35.6. The summed E-state index contributed by atoms with van der Waals surface area (Å²) in [6.45, 7) is 0. The molecule has 0 N–H and O–H groups in total. The Hall–Kier alpha value is -8.34. The number of rotatable bonds is 7. The Morgan fingerprint density at radius 1 is 0.242 bits per heavy atom. The van der Waals surface area contributed by atoms with Crippen LogP contribution in [0, 0.1) is 0 Å². The van der Waals surface area contributed by atoms with Crippen LogP contribution in [0.4, 0.5) is 0 Å². The molecule has 0 saturated carbocycles. The number of fused-ring (bicyclic) bond motifs is 6. The minimum Gasteiger partial charge on any atom is -0.309 e. The minimum absolute atomic E-state index is 0.694. The molecule has 0 saturated heterocycles. The fourth-order valence-electron chi connectivity index (χ4n) is 9.18. The van der Waals surface area contributed by atoms with Gasteiger partial charge in [0.05, 0.1) is 33.5 Å². The lowest BCUT2D eigenvalue weighted by Crippen LogP contribution is -1.96. The first-order chi connectivity index (χ1) is 30.7. The first-order valence-corrected chi connectivity index (χ1v) is 21.1. The van der Waals surface area contributed by atoms with E-state index in [4.69, 9.17) is 9.97 Å². The Labute approximate surface area is 359 Å². The summed E-state index contributed by atoms with van der Waals surface area (Å²) in [4.78, 5) is 10.4. The van der Waals surface area contributed by atoms with E-state index in [1.54, 1.807) is 0 Å². The first-order valence-electron chi connectivity index (χ1n) is 21.1. The van der Waals surface area contributed by atoms with Crippen molar-refractivity contribution >= 4 is 43.6 Å². The van der Waals surface area contributed by atoms with Crippen LogP contribution in [-0.2, 0) is 0 Å². The number of aromatic nitrogens is 4. The maximum atomic E-state index is 5.18. The highest BCUT2D eigenvalue weighted by atomic mass is 15.0. The van der Waals surface area contributed by atoms with E-state index in [1.807, 2.05) is 18.2 Å². The second-order valence-electron chi connectivity index (χ2n) is 15.8. The van der Waals surface area contributed by atoms with Gasteiger partial charge in [-0.2, -0.15) is 0 Å². The van der Waals surface area contributed by atoms with Crippen LogP contribution in [0.3, 0.4) is 0 Å². The number of hydrogen-bond donors (Lipinski definition) is 0. The molecule has 0 amide bonds. The van der Waals surface area contributed by atoms with Crippen molar-refractivity contribution in [1.29, 1.82) is 0 Å². The van der Waals surface area contributed by atoms with Gasteiger partial charge in [-0.05, 0) is 89.0 Å². The molecule has 0 atom stereocenters. The van der Waals surface area contributed by atoms with Crippen LogP contribution in [0.25, 0.3) is 111 Å². The van der Waals surface area contributed by atoms with E-state index < -0.39 is 0 Å². The largest absolute Gasteiger partial charge is 0.309 e. The smallest absolute Gasteiger partial charge is 0.160 e. The van der Waals surface area contributed by atoms with Gasteiger partial charge in [-0.1, -0.05) is 164 Å². The maximum Gasteiger partial charge on any atom is 0.160 e. The molecule has 0 aliphatic heterocycles. The summed E-state index contributed by atoms with van der Waals surface area (Å²) in [6, 6.07) is 82.1. The summed E-state index contributed by atoms with van der Waals surface area (Å²) in [7, 11) is 0. The van der Waals surface area contributed by atoms with Crippen LogP contribution in [0.1, 0.15) is 0 Å². The Morgan fingerprint density at radius 3 is 0.984 bits per heavy atom. The summed E-state index contributed by atoms with van der Waals surface area (Å²) >= 11 is 0. The second kappa shape index (κ2) is 14.7. The molecule has 0 bridgehead atoms. The number of para-hydroxylation sites is 4. The molecule has 0 fully saturated rings. The van der Waals surface area contributed by atoms with Crippen molar-refractivity contribution in [3.8, 4) is 67.5 Å². The normalized spacial score (nSPS) is 11.5. The third-order valence-electron chi connectivity index (χ3n) is 12.2. The topological polar surface area (TPSA) is 35.6 Å². The van der Waals surface area contributed by atoms with Crippen molar-refractivity contribution in [2.45, 2.75) is 0 Å². The molecule has 4 heteroatoms. The summed E-state index contributed by atoms with van der Waals surface area (Å²) in [5, 5.41) is 5.04. The Morgan fingerprint density at radius 2 is 0.581 bits per heavy atom. The summed E-state index contributed by atoms with van der Waals surface area (Å²) < 4.78 is 4.71. The zero-order valence-corrected chi connectivity index (χ0v) is 33.7. The molecule has 3 heterocycles. The fraction of sp³-hybridized carbons (Fsp3) is 0. The van der Waals surface area contributed by atoms with Gasteiger partial charge in [-0.15, -0.1) is 0 Å². The summed E-state index contributed by atoms with van der Waals surface area (Å²) in [6.07, 6.45) is 0. The highest BCUT2D eigenvalue weighted by Crippen LogP contribution is 2.36. The monoisotopic (exact) mass is 790 g/mol. The van der Waals surface area contributed by atoms with Gasteiger partial charge < -0.3 is 9.13 Å². The number of nitrogens with zero attached hydrogens (tertiary/aromatic N) is 4. The number of benzene rings is 9.